The van der Waals surface area contributed by atoms with E-state index in [0.717, 1.165) is 12.8 Å². The third kappa shape index (κ3) is 1.31. The van der Waals surface area contributed by atoms with Gasteiger partial charge < -0.3 is 5.32 Å². The molecule has 2 aromatic rings. The Hall–Kier alpha value is -1.50. The highest BCUT2D eigenvalue weighted by atomic mass is 15.0. The van der Waals surface area contributed by atoms with Gasteiger partial charge in [-0.15, -0.1) is 0 Å². The molecule has 0 aliphatic carbocycles. The molecule has 0 bridgehead atoms. The Balaban J connectivity index is 2.28. The molecule has 1 N–H and O–H groups in total. The lowest BCUT2D eigenvalue weighted by molar-refractivity contribution is 0.489. The first-order valence-corrected chi connectivity index (χ1v) is 6.01. The number of hydrogen-bond acceptors (Lipinski definition) is 1. The topological polar surface area (TPSA) is 12.0 Å². The van der Waals surface area contributed by atoms with Crippen LogP contribution in [0.3, 0.4) is 0 Å². The summed E-state index contributed by atoms with van der Waals surface area (Å²) >= 11 is 0. The molecule has 0 spiro atoms. The van der Waals surface area contributed by atoms with Crippen LogP contribution in [-0.2, 0) is 6.42 Å². The molecule has 1 heterocycles. The summed E-state index contributed by atoms with van der Waals surface area (Å²) in [4.78, 5) is 0. The van der Waals surface area contributed by atoms with E-state index in [9.17, 15) is 0 Å². The Labute approximate surface area is 96.5 Å². The van der Waals surface area contributed by atoms with Gasteiger partial charge in [-0.25, -0.2) is 0 Å². The van der Waals surface area contributed by atoms with Crippen LogP contribution in [-0.4, -0.2) is 5.54 Å². The summed E-state index contributed by atoms with van der Waals surface area (Å²) in [7, 11) is 0. The van der Waals surface area contributed by atoms with Gasteiger partial charge in [-0.1, -0.05) is 37.3 Å². The first-order chi connectivity index (χ1) is 7.72. The van der Waals surface area contributed by atoms with Crippen molar-refractivity contribution in [1.82, 2.24) is 0 Å². The molecule has 0 saturated carbocycles. The minimum atomic E-state index is 0.211. The van der Waals surface area contributed by atoms with Gasteiger partial charge in [-0.05, 0) is 36.8 Å². The molecule has 0 radical (unpaired) electrons. The molecule has 1 aliphatic rings. The Morgan fingerprint density at radius 2 is 1.94 bits per heavy atom. The Bertz CT molecular complexity index is 501. The summed E-state index contributed by atoms with van der Waals surface area (Å²) in [6.45, 7) is 4.56. The monoisotopic (exact) mass is 211 g/mol. The minimum absolute atomic E-state index is 0.211. The van der Waals surface area contributed by atoms with Gasteiger partial charge in [-0.2, -0.15) is 0 Å². The minimum Gasteiger partial charge on any atom is -0.379 e. The van der Waals surface area contributed by atoms with E-state index in [0.29, 0.717) is 0 Å². The SMILES string of the molecule is CCC1(C)Cc2cccc3cccc(c23)N1. The Kier molecular flexibility index (Phi) is 1.97. The quantitative estimate of drug-likeness (QED) is 0.752. The van der Waals surface area contributed by atoms with Crippen molar-refractivity contribution in [3.05, 3.63) is 42.0 Å². The lowest BCUT2D eigenvalue weighted by Gasteiger charge is -2.36. The van der Waals surface area contributed by atoms with E-state index in [4.69, 9.17) is 0 Å². The van der Waals surface area contributed by atoms with Crippen molar-refractivity contribution in [3.8, 4) is 0 Å². The van der Waals surface area contributed by atoms with E-state index < -0.39 is 0 Å². The van der Waals surface area contributed by atoms with Crippen molar-refractivity contribution < 1.29 is 0 Å². The fourth-order valence-electron chi connectivity index (χ4n) is 2.67. The van der Waals surface area contributed by atoms with Crippen LogP contribution in [0.2, 0.25) is 0 Å². The van der Waals surface area contributed by atoms with E-state index >= 15 is 0 Å². The second-order valence-corrected chi connectivity index (χ2v) is 5.04. The Morgan fingerprint density at radius 3 is 2.69 bits per heavy atom. The van der Waals surface area contributed by atoms with E-state index in [1.165, 1.54) is 22.0 Å². The Morgan fingerprint density at radius 1 is 1.19 bits per heavy atom. The maximum atomic E-state index is 3.69. The zero-order chi connectivity index (χ0) is 11.2. The summed E-state index contributed by atoms with van der Waals surface area (Å²) < 4.78 is 0. The van der Waals surface area contributed by atoms with Crippen molar-refractivity contribution >= 4 is 16.5 Å². The largest absolute Gasteiger partial charge is 0.379 e. The van der Waals surface area contributed by atoms with Gasteiger partial charge >= 0.3 is 0 Å². The van der Waals surface area contributed by atoms with Crippen molar-refractivity contribution in [1.29, 1.82) is 0 Å². The van der Waals surface area contributed by atoms with Crippen LogP contribution in [0.1, 0.15) is 25.8 Å². The predicted octanol–water partition coefficient (Wildman–Crippen LogP) is 3.98. The third-order valence-electron chi connectivity index (χ3n) is 3.79. The maximum absolute atomic E-state index is 3.69. The van der Waals surface area contributed by atoms with Gasteiger partial charge in [0.05, 0.1) is 0 Å². The number of benzene rings is 2. The first kappa shape index (κ1) is 9.71. The van der Waals surface area contributed by atoms with Crippen molar-refractivity contribution in [2.75, 3.05) is 5.32 Å². The molecular formula is C15H17N. The number of anilines is 1. The van der Waals surface area contributed by atoms with Gasteiger partial charge in [0.1, 0.15) is 0 Å². The van der Waals surface area contributed by atoms with E-state index in [1.807, 2.05) is 0 Å². The molecule has 0 aromatic heterocycles. The molecule has 1 unspecified atom stereocenters. The number of rotatable bonds is 1. The molecule has 82 valence electrons. The molecule has 16 heavy (non-hydrogen) atoms. The zero-order valence-corrected chi connectivity index (χ0v) is 9.88. The van der Waals surface area contributed by atoms with Gasteiger partial charge in [0, 0.05) is 16.6 Å². The van der Waals surface area contributed by atoms with Crippen molar-refractivity contribution in [3.63, 3.8) is 0 Å². The van der Waals surface area contributed by atoms with E-state index in [-0.39, 0.29) is 5.54 Å². The second-order valence-electron chi connectivity index (χ2n) is 5.04. The van der Waals surface area contributed by atoms with Crippen molar-refractivity contribution in [2.45, 2.75) is 32.2 Å². The molecule has 1 heteroatoms. The molecule has 1 atom stereocenters. The molecular weight excluding hydrogens is 194 g/mol. The number of hydrogen-bond donors (Lipinski definition) is 1. The van der Waals surface area contributed by atoms with Gasteiger partial charge in [0.15, 0.2) is 0 Å². The normalized spacial score (nSPS) is 23.1. The number of nitrogens with one attached hydrogen (secondary N) is 1. The standard InChI is InChI=1S/C15H17N/c1-3-15(2)10-12-8-4-6-11-7-5-9-13(16-15)14(11)12/h4-9,16H,3,10H2,1-2H3. The zero-order valence-electron chi connectivity index (χ0n) is 9.88. The second kappa shape index (κ2) is 3.24. The lowest BCUT2D eigenvalue weighted by atomic mass is 9.83. The van der Waals surface area contributed by atoms with Crippen molar-refractivity contribution in [2.24, 2.45) is 0 Å². The molecule has 0 amide bonds. The van der Waals surface area contributed by atoms with Crippen LogP contribution in [0.5, 0.6) is 0 Å². The molecule has 2 aromatic carbocycles. The van der Waals surface area contributed by atoms with Crippen LogP contribution in [0, 0.1) is 0 Å². The van der Waals surface area contributed by atoms with E-state index in [2.05, 4.69) is 55.6 Å². The lowest BCUT2D eigenvalue weighted by Crippen LogP contribution is -2.38. The van der Waals surface area contributed by atoms with Gasteiger partial charge in [-0.3, -0.25) is 0 Å². The average Bonchev–Trinajstić information content (AvgIpc) is 2.29. The first-order valence-electron chi connectivity index (χ1n) is 6.01. The van der Waals surface area contributed by atoms with Crippen LogP contribution >= 0.6 is 0 Å². The summed E-state index contributed by atoms with van der Waals surface area (Å²) in [5.41, 5.74) is 2.99. The van der Waals surface area contributed by atoms with Crippen LogP contribution < -0.4 is 5.32 Å². The third-order valence-corrected chi connectivity index (χ3v) is 3.79. The highest BCUT2D eigenvalue weighted by Crippen LogP contribution is 2.37. The molecule has 3 rings (SSSR count). The van der Waals surface area contributed by atoms with Crippen LogP contribution in [0.25, 0.3) is 10.8 Å². The fraction of sp³-hybridized carbons (Fsp3) is 0.333. The fourth-order valence-corrected chi connectivity index (χ4v) is 2.67. The van der Waals surface area contributed by atoms with Gasteiger partial charge in [0.25, 0.3) is 0 Å². The molecule has 1 aliphatic heterocycles. The summed E-state index contributed by atoms with van der Waals surface area (Å²) in [6, 6.07) is 13.1. The summed E-state index contributed by atoms with van der Waals surface area (Å²) in [5, 5.41) is 6.45. The highest BCUT2D eigenvalue weighted by Gasteiger charge is 2.28. The highest BCUT2D eigenvalue weighted by molar-refractivity contribution is 5.98. The predicted molar refractivity (Wildman–Crippen MR) is 70.0 cm³/mol. The van der Waals surface area contributed by atoms with E-state index in [1.54, 1.807) is 0 Å². The molecule has 1 nitrogen and oxygen atoms in total. The van der Waals surface area contributed by atoms with Gasteiger partial charge in [0.2, 0.25) is 0 Å². The maximum Gasteiger partial charge on any atom is 0.0426 e. The summed E-state index contributed by atoms with van der Waals surface area (Å²) in [5.74, 6) is 0. The molecule has 0 saturated heterocycles. The summed E-state index contributed by atoms with van der Waals surface area (Å²) in [6.07, 6.45) is 2.27. The smallest absolute Gasteiger partial charge is 0.0426 e. The van der Waals surface area contributed by atoms with Crippen LogP contribution in [0.15, 0.2) is 36.4 Å². The van der Waals surface area contributed by atoms with Crippen LogP contribution in [0.4, 0.5) is 5.69 Å². The molecule has 0 fully saturated rings. The average molecular weight is 211 g/mol.